The van der Waals surface area contributed by atoms with Crippen molar-refractivity contribution in [2.24, 2.45) is 7.05 Å². The molecule has 0 saturated heterocycles. The minimum atomic E-state index is -3.93. The number of hydrogen-bond acceptors (Lipinski definition) is 8. The van der Waals surface area contributed by atoms with Crippen LogP contribution in [0.2, 0.25) is 5.15 Å². The molecule has 0 saturated carbocycles. The molecule has 0 unspecified atom stereocenters. The number of aryl methyl sites for hydroxylation is 1. The number of methoxy groups -OCH3 is 2. The van der Waals surface area contributed by atoms with Gasteiger partial charge in [0.1, 0.15) is 4.90 Å². The van der Waals surface area contributed by atoms with Crippen LogP contribution in [-0.4, -0.2) is 54.1 Å². The maximum Gasteiger partial charge on any atom is 0.265 e. The fourth-order valence-electron chi connectivity index (χ4n) is 3.25. The van der Waals surface area contributed by atoms with Gasteiger partial charge in [0.2, 0.25) is 0 Å². The minimum absolute atomic E-state index is 0.00772. The van der Waals surface area contributed by atoms with Gasteiger partial charge in [0.25, 0.3) is 10.0 Å². The van der Waals surface area contributed by atoms with Gasteiger partial charge in [-0.1, -0.05) is 11.6 Å². The summed E-state index contributed by atoms with van der Waals surface area (Å²) < 4.78 is 42.2. The Morgan fingerprint density at radius 2 is 1.88 bits per heavy atom. The molecule has 11 nitrogen and oxygen atoms in total. The van der Waals surface area contributed by atoms with Crippen LogP contribution < -0.4 is 19.5 Å². The molecule has 168 valence electrons. The Morgan fingerprint density at radius 1 is 1.09 bits per heavy atom. The summed E-state index contributed by atoms with van der Waals surface area (Å²) in [7, 11) is 2.34. The van der Waals surface area contributed by atoms with Crippen molar-refractivity contribution < 1.29 is 17.9 Å². The molecule has 3 heterocycles. The highest BCUT2D eigenvalue weighted by atomic mass is 35.5. The van der Waals surface area contributed by atoms with Gasteiger partial charge in [0.05, 0.1) is 43.7 Å². The van der Waals surface area contributed by atoms with Crippen LogP contribution in [0.4, 0.5) is 11.4 Å². The first-order chi connectivity index (χ1) is 15.3. The van der Waals surface area contributed by atoms with E-state index in [4.69, 9.17) is 21.1 Å². The quantitative estimate of drug-likeness (QED) is 0.416. The van der Waals surface area contributed by atoms with E-state index in [2.05, 4.69) is 25.2 Å². The Balaban J connectivity index is 1.89. The Morgan fingerprint density at radius 3 is 2.50 bits per heavy atom. The first kappa shape index (κ1) is 21.7. The van der Waals surface area contributed by atoms with Crippen LogP contribution in [-0.2, 0) is 17.1 Å². The normalized spacial score (nSPS) is 11.5. The predicted octanol–water partition coefficient (Wildman–Crippen LogP) is 2.64. The SMILES string of the molecule is CNc1cc(Cl)nn2c(-c3cc(NS(=O)(=O)c4cnn(C)c4)c(OC)c(OC)c3)cnc12. The molecule has 0 bridgehead atoms. The van der Waals surface area contributed by atoms with Crippen LogP contribution in [0.15, 0.2) is 41.7 Å². The first-order valence-corrected chi connectivity index (χ1v) is 11.1. The maximum atomic E-state index is 12.9. The number of nitrogens with zero attached hydrogens (tertiary/aromatic N) is 5. The Hall–Kier alpha value is -3.51. The number of imidazole rings is 1. The molecule has 0 amide bonds. The third kappa shape index (κ3) is 3.78. The highest BCUT2D eigenvalue weighted by Gasteiger charge is 2.23. The lowest BCUT2D eigenvalue weighted by Crippen LogP contribution is -2.13. The molecular weight excluding hydrogens is 458 g/mol. The summed E-state index contributed by atoms with van der Waals surface area (Å²) in [6.07, 6.45) is 4.26. The van der Waals surface area contributed by atoms with E-state index in [9.17, 15) is 8.42 Å². The standard InChI is InChI=1S/C19H20ClN7O4S/c1-21-14-7-17(20)24-27-15(9-22-19(14)27)11-5-13(18(31-4)16(6-11)30-3)25-32(28,29)12-8-23-26(2)10-12/h5-10,21,25H,1-4H3. The summed E-state index contributed by atoms with van der Waals surface area (Å²) in [5.41, 5.74) is 2.57. The molecule has 32 heavy (non-hydrogen) atoms. The van der Waals surface area contributed by atoms with Gasteiger partial charge in [-0.25, -0.2) is 17.9 Å². The monoisotopic (exact) mass is 477 g/mol. The van der Waals surface area contributed by atoms with Crippen LogP contribution in [0, 0.1) is 0 Å². The number of hydrogen-bond donors (Lipinski definition) is 2. The van der Waals surface area contributed by atoms with Crippen molar-refractivity contribution in [2.75, 3.05) is 31.3 Å². The van der Waals surface area contributed by atoms with E-state index >= 15 is 0 Å². The van der Waals surface area contributed by atoms with E-state index in [1.807, 2.05) is 0 Å². The van der Waals surface area contributed by atoms with Crippen LogP contribution in [0.25, 0.3) is 16.9 Å². The zero-order chi connectivity index (χ0) is 23.0. The molecule has 4 rings (SSSR count). The van der Waals surface area contributed by atoms with Gasteiger partial charge < -0.3 is 14.8 Å². The molecule has 0 radical (unpaired) electrons. The van der Waals surface area contributed by atoms with E-state index in [0.717, 1.165) is 0 Å². The average Bonchev–Trinajstić information content (AvgIpc) is 3.39. The Bertz CT molecular complexity index is 1410. The fourth-order valence-corrected chi connectivity index (χ4v) is 4.47. The summed E-state index contributed by atoms with van der Waals surface area (Å²) in [6, 6.07) is 4.97. The van der Waals surface area contributed by atoms with Crippen molar-refractivity contribution in [3.63, 3.8) is 0 Å². The van der Waals surface area contributed by atoms with E-state index in [-0.39, 0.29) is 21.5 Å². The molecule has 0 aliphatic carbocycles. The van der Waals surface area contributed by atoms with Gasteiger partial charge in [-0.2, -0.15) is 10.2 Å². The molecule has 2 N–H and O–H groups in total. The molecule has 4 aromatic rings. The lowest BCUT2D eigenvalue weighted by atomic mass is 10.1. The number of halogens is 1. The summed E-state index contributed by atoms with van der Waals surface area (Å²) in [5, 5.41) is 11.5. The van der Waals surface area contributed by atoms with E-state index in [1.54, 1.807) is 43.0 Å². The lowest BCUT2D eigenvalue weighted by Gasteiger charge is -2.16. The lowest BCUT2D eigenvalue weighted by molar-refractivity contribution is 0.356. The van der Waals surface area contributed by atoms with Crippen molar-refractivity contribution in [1.82, 2.24) is 24.4 Å². The molecule has 0 spiro atoms. The molecule has 13 heteroatoms. The number of ether oxygens (including phenoxy) is 2. The van der Waals surface area contributed by atoms with Gasteiger partial charge in [-0.3, -0.25) is 9.40 Å². The van der Waals surface area contributed by atoms with Crippen molar-refractivity contribution in [3.8, 4) is 22.8 Å². The van der Waals surface area contributed by atoms with E-state index in [0.29, 0.717) is 28.3 Å². The highest BCUT2D eigenvalue weighted by molar-refractivity contribution is 7.92. The summed E-state index contributed by atoms with van der Waals surface area (Å²) in [5.74, 6) is 0.541. The third-order valence-corrected chi connectivity index (χ3v) is 6.22. The van der Waals surface area contributed by atoms with Crippen LogP contribution in [0.5, 0.6) is 11.5 Å². The van der Waals surface area contributed by atoms with Crippen molar-refractivity contribution in [2.45, 2.75) is 4.90 Å². The Labute approximate surface area is 189 Å². The van der Waals surface area contributed by atoms with Gasteiger partial charge in [0, 0.05) is 31.9 Å². The maximum absolute atomic E-state index is 12.9. The molecular formula is C19H20ClN7O4S. The van der Waals surface area contributed by atoms with Crippen molar-refractivity contribution >= 4 is 38.6 Å². The van der Waals surface area contributed by atoms with Crippen LogP contribution in [0.3, 0.4) is 0 Å². The third-order valence-electron chi connectivity index (χ3n) is 4.72. The molecule has 0 aliphatic rings. The summed E-state index contributed by atoms with van der Waals surface area (Å²) >= 11 is 6.17. The van der Waals surface area contributed by atoms with Gasteiger partial charge in [-0.15, -0.1) is 0 Å². The van der Waals surface area contributed by atoms with Gasteiger partial charge in [0.15, 0.2) is 22.3 Å². The number of rotatable bonds is 7. The number of benzene rings is 1. The summed E-state index contributed by atoms with van der Waals surface area (Å²) in [6.45, 7) is 0. The minimum Gasteiger partial charge on any atom is -0.493 e. The second-order valence-corrected chi connectivity index (χ2v) is 8.79. The second-order valence-electron chi connectivity index (χ2n) is 6.72. The van der Waals surface area contributed by atoms with Crippen LogP contribution >= 0.6 is 11.6 Å². The molecule has 3 aromatic heterocycles. The largest absolute Gasteiger partial charge is 0.493 e. The second kappa shape index (κ2) is 8.20. The van der Waals surface area contributed by atoms with Crippen molar-refractivity contribution in [1.29, 1.82) is 0 Å². The number of anilines is 2. The van der Waals surface area contributed by atoms with E-state index < -0.39 is 10.0 Å². The number of nitrogens with one attached hydrogen (secondary N) is 2. The molecule has 1 aromatic carbocycles. The number of sulfonamides is 1. The first-order valence-electron chi connectivity index (χ1n) is 9.27. The van der Waals surface area contributed by atoms with Gasteiger partial charge in [-0.05, 0) is 12.1 Å². The van der Waals surface area contributed by atoms with Crippen LogP contribution in [0.1, 0.15) is 0 Å². The summed E-state index contributed by atoms with van der Waals surface area (Å²) in [4.78, 5) is 4.42. The molecule has 0 aliphatic heterocycles. The zero-order valence-electron chi connectivity index (χ0n) is 17.6. The highest BCUT2D eigenvalue weighted by Crippen LogP contribution is 2.41. The van der Waals surface area contributed by atoms with Crippen molar-refractivity contribution in [3.05, 3.63) is 41.9 Å². The molecule has 0 fully saturated rings. The smallest absolute Gasteiger partial charge is 0.265 e. The Kier molecular flexibility index (Phi) is 5.57. The fraction of sp³-hybridized carbons (Fsp3) is 0.211. The number of aromatic nitrogens is 5. The molecule has 0 atom stereocenters. The topological polar surface area (TPSA) is 125 Å². The number of fused-ring (bicyclic) bond motifs is 1. The predicted molar refractivity (Wildman–Crippen MR) is 120 cm³/mol. The zero-order valence-corrected chi connectivity index (χ0v) is 19.2. The van der Waals surface area contributed by atoms with E-state index in [1.165, 1.54) is 31.3 Å². The average molecular weight is 478 g/mol. The van der Waals surface area contributed by atoms with Gasteiger partial charge >= 0.3 is 0 Å².